The fourth-order valence-electron chi connectivity index (χ4n) is 1.43. The summed E-state index contributed by atoms with van der Waals surface area (Å²) >= 11 is 0. The highest BCUT2D eigenvalue weighted by molar-refractivity contribution is 5.35. The van der Waals surface area contributed by atoms with Gasteiger partial charge in [0.1, 0.15) is 0 Å². The molecule has 0 saturated heterocycles. The van der Waals surface area contributed by atoms with Crippen LogP contribution in [0.1, 0.15) is 25.3 Å². The van der Waals surface area contributed by atoms with Crippen molar-refractivity contribution in [3.63, 3.8) is 0 Å². The van der Waals surface area contributed by atoms with Crippen molar-refractivity contribution in [1.82, 2.24) is 20.1 Å². The molecular weight excluding hydrogens is 262 g/mol. The summed E-state index contributed by atoms with van der Waals surface area (Å²) in [7, 11) is 0. The molecule has 2 aromatic heterocycles. The molecule has 9 heteroatoms. The zero-order valence-corrected chi connectivity index (χ0v) is 11.5. The van der Waals surface area contributed by atoms with Gasteiger partial charge >= 0.3 is 6.01 Å². The average Bonchev–Trinajstić information content (AvgIpc) is 2.81. The van der Waals surface area contributed by atoms with Gasteiger partial charge < -0.3 is 14.6 Å². The molecule has 0 unspecified atom stereocenters. The Bertz CT molecular complexity index is 570. The molecule has 0 atom stereocenters. The topological polar surface area (TPSA) is 124 Å². The zero-order valence-electron chi connectivity index (χ0n) is 11.5. The van der Waals surface area contributed by atoms with E-state index in [9.17, 15) is 0 Å². The Morgan fingerprint density at radius 3 is 2.65 bits per heavy atom. The van der Waals surface area contributed by atoms with Crippen LogP contribution in [0.3, 0.4) is 0 Å². The van der Waals surface area contributed by atoms with Gasteiger partial charge in [0.05, 0.1) is 18.3 Å². The van der Waals surface area contributed by atoms with E-state index in [1.807, 2.05) is 26.8 Å². The van der Waals surface area contributed by atoms with E-state index in [4.69, 9.17) is 15.1 Å². The number of rotatable bonds is 6. The molecule has 2 heterocycles. The number of aryl methyl sites for hydroxylation is 1. The van der Waals surface area contributed by atoms with Gasteiger partial charge in [0, 0.05) is 6.07 Å². The number of hydrogen-bond donors (Lipinski definition) is 3. The van der Waals surface area contributed by atoms with Crippen molar-refractivity contribution in [2.24, 2.45) is 5.84 Å². The Morgan fingerprint density at radius 1 is 1.30 bits per heavy atom. The maximum atomic E-state index is 5.42. The summed E-state index contributed by atoms with van der Waals surface area (Å²) in [5.74, 6) is 6.54. The third kappa shape index (κ3) is 3.79. The second-order valence-corrected chi connectivity index (χ2v) is 4.36. The molecule has 0 aliphatic carbocycles. The van der Waals surface area contributed by atoms with Crippen molar-refractivity contribution in [2.75, 3.05) is 10.7 Å². The molecule has 2 rings (SSSR count). The fourth-order valence-corrected chi connectivity index (χ4v) is 1.43. The summed E-state index contributed by atoms with van der Waals surface area (Å²) in [5.41, 5.74) is 3.18. The van der Waals surface area contributed by atoms with Crippen molar-refractivity contribution in [2.45, 2.75) is 33.4 Å². The molecule has 108 valence electrons. The van der Waals surface area contributed by atoms with Crippen molar-refractivity contribution in [1.29, 1.82) is 0 Å². The lowest BCUT2D eigenvalue weighted by Crippen LogP contribution is -2.16. The van der Waals surface area contributed by atoms with Gasteiger partial charge in [-0.05, 0) is 20.8 Å². The number of anilines is 2. The maximum absolute atomic E-state index is 5.42. The van der Waals surface area contributed by atoms with Crippen LogP contribution in [0.15, 0.2) is 10.6 Å². The summed E-state index contributed by atoms with van der Waals surface area (Å²) in [6.07, 6.45) is -0.0483. The van der Waals surface area contributed by atoms with Crippen LogP contribution in [-0.4, -0.2) is 26.2 Å². The van der Waals surface area contributed by atoms with Crippen molar-refractivity contribution < 1.29 is 9.26 Å². The van der Waals surface area contributed by atoms with Gasteiger partial charge in [-0.2, -0.15) is 15.0 Å². The number of nitrogens with zero attached hydrogens (tertiary/aromatic N) is 4. The number of nitrogens with two attached hydrogens (primary N) is 1. The summed E-state index contributed by atoms with van der Waals surface area (Å²) in [6, 6.07) is 2.01. The summed E-state index contributed by atoms with van der Waals surface area (Å²) in [5, 5.41) is 6.79. The van der Waals surface area contributed by atoms with E-state index in [1.165, 1.54) is 0 Å². The lowest BCUT2D eigenvalue weighted by Gasteiger charge is -2.10. The molecule has 9 nitrogen and oxygen atoms in total. The van der Waals surface area contributed by atoms with E-state index in [0.717, 1.165) is 5.69 Å². The van der Waals surface area contributed by atoms with E-state index < -0.39 is 0 Å². The molecule has 4 N–H and O–H groups in total. The first-order valence-corrected chi connectivity index (χ1v) is 6.12. The molecule has 20 heavy (non-hydrogen) atoms. The predicted molar refractivity (Wildman–Crippen MR) is 72.0 cm³/mol. The Balaban J connectivity index is 2.09. The highest BCUT2D eigenvalue weighted by Gasteiger charge is 2.09. The largest absolute Gasteiger partial charge is 0.461 e. The quantitative estimate of drug-likeness (QED) is 0.521. The van der Waals surface area contributed by atoms with Crippen LogP contribution in [0.25, 0.3) is 0 Å². The van der Waals surface area contributed by atoms with Crippen LogP contribution in [0.2, 0.25) is 0 Å². The first-order valence-electron chi connectivity index (χ1n) is 6.12. The predicted octanol–water partition coefficient (Wildman–Crippen LogP) is 0.853. The first kappa shape index (κ1) is 14.0. The van der Waals surface area contributed by atoms with Crippen LogP contribution in [0, 0.1) is 6.92 Å². The normalized spacial score (nSPS) is 10.7. The van der Waals surface area contributed by atoms with Gasteiger partial charge in [0.15, 0.2) is 5.76 Å². The summed E-state index contributed by atoms with van der Waals surface area (Å²) in [4.78, 5) is 12.2. The number of ether oxygens (including phenoxy) is 1. The van der Waals surface area contributed by atoms with Crippen LogP contribution in [0.4, 0.5) is 11.9 Å². The van der Waals surface area contributed by atoms with Crippen molar-refractivity contribution >= 4 is 11.9 Å². The van der Waals surface area contributed by atoms with Crippen molar-refractivity contribution in [3.8, 4) is 6.01 Å². The van der Waals surface area contributed by atoms with Gasteiger partial charge in [-0.3, -0.25) is 5.43 Å². The van der Waals surface area contributed by atoms with Crippen LogP contribution in [-0.2, 0) is 6.54 Å². The average molecular weight is 279 g/mol. The molecule has 2 aromatic rings. The molecule has 0 saturated carbocycles. The second kappa shape index (κ2) is 6.15. The molecule has 0 bridgehead atoms. The number of hydrogen-bond acceptors (Lipinski definition) is 9. The third-order valence-corrected chi connectivity index (χ3v) is 2.18. The Morgan fingerprint density at radius 2 is 2.05 bits per heavy atom. The fraction of sp³-hybridized carbons (Fsp3) is 0.455. The number of nitrogen functional groups attached to an aromatic ring is 1. The van der Waals surface area contributed by atoms with E-state index >= 15 is 0 Å². The van der Waals surface area contributed by atoms with E-state index in [0.29, 0.717) is 18.3 Å². The van der Waals surface area contributed by atoms with Crippen LogP contribution in [0.5, 0.6) is 6.01 Å². The van der Waals surface area contributed by atoms with Gasteiger partial charge in [0.2, 0.25) is 11.9 Å². The highest BCUT2D eigenvalue weighted by Crippen LogP contribution is 2.13. The van der Waals surface area contributed by atoms with Gasteiger partial charge in [-0.15, -0.1) is 0 Å². The zero-order chi connectivity index (χ0) is 14.5. The van der Waals surface area contributed by atoms with E-state index in [1.54, 1.807) is 0 Å². The van der Waals surface area contributed by atoms with Gasteiger partial charge in [-0.1, -0.05) is 5.16 Å². The lowest BCUT2D eigenvalue weighted by atomic mass is 10.4. The molecule has 0 aliphatic rings. The Kier molecular flexibility index (Phi) is 4.31. The van der Waals surface area contributed by atoms with Crippen molar-refractivity contribution in [3.05, 3.63) is 17.5 Å². The monoisotopic (exact) mass is 279 g/mol. The molecule has 0 fully saturated rings. The smallest absolute Gasteiger partial charge is 0.323 e. The minimum absolute atomic E-state index is 0.0483. The SMILES string of the molecule is Cc1cc(CNc2nc(NN)nc(OC(C)C)n2)on1. The van der Waals surface area contributed by atoms with Crippen LogP contribution < -0.4 is 21.3 Å². The highest BCUT2D eigenvalue weighted by atomic mass is 16.5. The molecular formula is C11H17N7O2. The third-order valence-electron chi connectivity index (χ3n) is 2.18. The molecule has 0 amide bonds. The van der Waals surface area contributed by atoms with Gasteiger partial charge in [0.25, 0.3) is 0 Å². The summed E-state index contributed by atoms with van der Waals surface area (Å²) < 4.78 is 10.5. The standard InChI is InChI=1S/C11H17N7O2/c1-6(2)19-11-15-9(14-10(16-11)17-12)13-5-8-4-7(3)18-20-8/h4,6H,5,12H2,1-3H3,(H2,13,14,15,16,17). The van der Waals surface area contributed by atoms with E-state index in [2.05, 4.69) is 30.9 Å². The minimum Gasteiger partial charge on any atom is -0.461 e. The molecule has 0 aromatic carbocycles. The van der Waals surface area contributed by atoms with Gasteiger partial charge in [-0.25, -0.2) is 5.84 Å². The van der Waals surface area contributed by atoms with Crippen LogP contribution >= 0.6 is 0 Å². The number of aromatic nitrogens is 4. The first-order chi connectivity index (χ1) is 9.56. The lowest BCUT2D eigenvalue weighted by molar-refractivity contribution is 0.222. The van der Waals surface area contributed by atoms with E-state index in [-0.39, 0.29) is 18.1 Å². The number of nitrogens with one attached hydrogen (secondary N) is 2. The Labute approximate surface area is 115 Å². The molecule has 0 radical (unpaired) electrons. The molecule has 0 spiro atoms. The number of hydrazine groups is 1. The second-order valence-electron chi connectivity index (χ2n) is 4.36. The maximum Gasteiger partial charge on any atom is 0.323 e. The Hall–Kier alpha value is -2.42. The molecule has 0 aliphatic heterocycles. The minimum atomic E-state index is -0.0483. The summed E-state index contributed by atoms with van der Waals surface area (Å²) in [6.45, 7) is 6.00.